The zero-order valence-corrected chi connectivity index (χ0v) is 12.7. The van der Waals surface area contributed by atoms with Crippen molar-refractivity contribution in [2.45, 2.75) is 19.9 Å². The topological polar surface area (TPSA) is 50.7 Å². The molecule has 3 rings (SSSR count). The second-order valence-corrected chi connectivity index (χ2v) is 5.84. The molecule has 102 valence electrons. The van der Waals surface area contributed by atoms with Gasteiger partial charge in [0, 0.05) is 28.9 Å². The number of nitrogens with one attached hydrogen (secondary N) is 1. The molecule has 0 bridgehead atoms. The summed E-state index contributed by atoms with van der Waals surface area (Å²) in [5.41, 5.74) is 2.19. The molecule has 0 fully saturated rings. The molecule has 0 saturated heterocycles. The quantitative estimate of drug-likeness (QED) is 0.778. The monoisotopic (exact) mass is 302 g/mol. The van der Waals surface area contributed by atoms with Crippen molar-refractivity contribution < 1.29 is 0 Å². The Morgan fingerprint density at radius 3 is 2.75 bits per heavy atom. The van der Waals surface area contributed by atoms with E-state index in [1.807, 2.05) is 18.2 Å². The highest BCUT2D eigenvalue weighted by molar-refractivity contribution is 7.13. The fourth-order valence-corrected chi connectivity index (χ4v) is 3.21. The molecule has 2 heterocycles. The Morgan fingerprint density at radius 1 is 1.15 bits per heavy atom. The van der Waals surface area contributed by atoms with Crippen molar-refractivity contribution in [1.29, 1.82) is 0 Å². The van der Waals surface area contributed by atoms with Gasteiger partial charge in [0.2, 0.25) is 5.13 Å². The lowest BCUT2D eigenvalue weighted by Gasteiger charge is -1.98. The van der Waals surface area contributed by atoms with Crippen molar-refractivity contribution in [2.24, 2.45) is 0 Å². The van der Waals surface area contributed by atoms with E-state index in [4.69, 9.17) is 0 Å². The standard InChI is InChI=1S/C14H14N4S2/c1-2-12-17-14(20-18-12)15-8-11-9-19-13(16-11)10-6-4-3-5-7-10/h3-7,9H,2,8H2,1H3,(H,15,17,18). The third-order valence-electron chi connectivity index (χ3n) is 2.78. The van der Waals surface area contributed by atoms with Crippen molar-refractivity contribution >= 4 is 28.0 Å². The second kappa shape index (κ2) is 6.11. The van der Waals surface area contributed by atoms with Gasteiger partial charge in [0.25, 0.3) is 0 Å². The van der Waals surface area contributed by atoms with Crippen LogP contribution in [0.5, 0.6) is 0 Å². The molecule has 4 nitrogen and oxygen atoms in total. The van der Waals surface area contributed by atoms with E-state index in [0.717, 1.165) is 33.6 Å². The van der Waals surface area contributed by atoms with Crippen LogP contribution in [-0.2, 0) is 13.0 Å². The van der Waals surface area contributed by atoms with Crippen molar-refractivity contribution in [3.05, 3.63) is 47.2 Å². The first-order valence-electron chi connectivity index (χ1n) is 6.41. The first-order chi connectivity index (χ1) is 9.85. The zero-order chi connectivity index (χ0) is 13.8. The van der Waals surface area contributed by atoms with E-state index >= 15 is 0 Å². The van der Waals surface area contributed by atoms with E-state index in [0.29, 0.717) is 6.54 Å². The van der Waals surface area contributed by atoms with E-state index in [1.165, 1.54) is 11.5 Å². The highest BCUT2D eigenvalue weighted by Crippen LogP contribution is 2.23. The summed E-state index contributed by atoms with van der Waals surface area (Å²) in [6.45, 7) is 2.74. The van der Waals surface area contributed by atoms with Gasteiger partial charge in [-0.1, -0.05) is 37.3 Å². The van der Waals surface area contributed by atoms with E-state index in [2.05, 4.69) is 44.1 Å². The maximum absolute atomic E-state index is 4.63. The number of anilines is 1. The predicted octanol–water partition coefficient (Wildman–Crippen LogP) is 3.84. The van der Waals surface area contributed by atoms with Crippen LogP contribution in [0, 0.1) is 0 Å². The van der Waals surface area contributed by atoms with Gasteiger partial charge >= 0.3 is 0 Å². The number of benzene rings is 1. The van der Waals surface area contributed by atoms with E-state index in [1.54, 1.807) is 11.3 Å². The molecule has 0 amide bonds. The molecule has 20 heavy (non-hydrogen) atoms. The Bertz CT molecular complexity index is 675. The first kappa shape index (κ1) is 13.2. The molecule has 2 aromatic heterocycles. The highest BCUT2D eigenvalue weighted by atomic mass is 32.1. The number of aromatic nitrogens is 3. The Kier molecular flexibility index (Phi) is 4.03. The smallest absolute Gasteiger partial charge is 0.202 e. The van der Waals surface area contributed by atoms with Crippen LogP contribution in [0.3, 0.4) is 0 Å². The predicted molar refractivity (Wildman–Crippen MR) is 84.2 cm³/mol. The van der Waals surface area contributed by atoms with Gasteiger partial charge in [-0.15, -0.1) is 11.3 Å². The van der Waals surface area contributed by atoms with Crippen LogP contribution >= 0.6 is 22.9 Å². The van der Waals surface area contributed by atoms with Gasteiger partial charge in [0.1, 0.15) is 10.8 Å². The summed E-state index contributed by atoms with van der Waals surface area (Å²) < 4.78 is 4.25. The summed E-state index contributed by atoms with van der Waals surface area (Å²) in [6, 6.07) is 10.2. The average molecular weight is 302 g/mol. The lowest BCUT2D eigenvalue weighted by Crippen LogP contribution is -1.99. The van der Waals surface area contributed by atoms with Gasteiger partial charge in [-0.3, -0.25) is 0 Å². The summed E-state index contributed by atoms with van der Waals surface area (Å²) in [5.74, 6) is 0.890. The summed E-state index contributed by atoms with van der Waals surface area (Å²) in [7, 11) is 0. The summed E-state index contributed by atoms with van der Waals surface area (Å²) in [6.07, 6.45) is 0.868. The average Bonchev–Trinajstić information content (AvgIpc) is 3.15. The number of aryl methyl sites for hydroxylation is 1. The molecule has 0 radical (unpaired) electrons. The molecule has 3 aromatic rings. The lowest BCUT2D eigenvalue weighted by atomic mass is 10.2. The zero-order valence-electron chi connectivity index (χ0n) is 11.0. The summed E-state index contributed by atoms with van der Waals surface area (Å²) >= 11 is 3.06. The van der Waals surface area contributed by atoms with Gasteiger partial charge in [-0.05, 0) is 0 Å². The third-order valence-corrected chi connectivity index (χ3v) is 4.43. The van der Waals surface area contributed by atoms with Crippen LogP contribution in [0.25, 0.3) is 10.6 Å². The van der Waals surface area contributed by atoms with Crippen LogP contribution in [-0.4, -0.2) is 14.3 Å². The van der Waals surface area contributed by atoms with Crippen molar-refractivity contribution in [2.75, 3.05) is 5.32 Å². The minimum atomic E-state index is 0.682. The van der Waals surface area contributed by atoms with Crippen molar-refractivity contribution in [1.82, 2.24) is 14.3 Å². The van der Waals surface area contributed by atoms with Gasteiger partial charge in [-0.25, -0.2) is 9.97 Å². The van der Waals surface area contributed by atoms with Crippen LogP contribution in [0.15, 0.2) is 35.7 Å². The highest BCUT2D eigenvalue weighted by Gasteiger charge is 2.06. The fraction of sp³-hybridized carbons (Fsp3) is 0.214. The van der Waals surface area contributed by atoms with E-state index < -0.39 is 0 Å². The third kappa shape index (κ3) is 3.02. The number of rotatable bonds is 5. The maximum Gasteiger partial charge on any atom is 0.202 e. The lowest BCUT2D eigenvalue weighted by molar-refractivity contribution is 0.988. The summed E-state index contributed by atoms with van der Waals surface area (Å²) in [5, 5.41) is 7.26. The molecular weight excluding hydrogens is 288 g/mol. The number of hydrogen-bond acceptors (Lipinski definition) is 6. The first-order valence-corrected chi connectivity index (χ1v) is 8.06. The van der Waals surface area contributed by atoms with Crippen LogP contribution in [0.4, 0.5) is 5.13 Å². The number of hydrogen-bond donors (Lipinski definition) is 1. The molecular formula is C14H14N4S2. The van der Waals surface area contributed by atoms with Crippen molar-refractivity contribution in [3.8, 4) is 10.6 Å². The van der Waals surface area contributed by atoms with Gasteiger partial charge in [0.15, 0.2) is 0 Å². The molecule has 6 heteroatoms. The van der Waals surface area contributed by atoms with Gasteiger partial charge in [0.05, 0.1) is 12.2 Å². The van der Waals surface area contributed by atoms with E-state index in [9.17, 15) is 0 Å². The van der Waals surface area contributed by atoms with Crippen LogP contribution < -0.4 is 5.32 Å². The van der Waals surface area contributed by atoms with Crippen molar-refractivity contribution in [3.63, 3.8) is 0 Å². The number of thiazole rings is 1. The van der Waals surface area contributed by atoms with Crippen LogP contribution in [0.2, 0.25) is 0 Å². The molecule has 0 unspecified atom stereocenters. The molecule has 0 saturated carbocycles. The van der Waals surface area contributed by atoms with E-state index in [-0.39, 0.29) is 0 Å². The minimum Gasteiger partial charge on any atom is -0.355 e. The normalized spacial score (nSPS) is 10.7. The maximum atomic E-state index is 4.63. The number of nitrogens with zero attached hydrogens (tertiary/aromatic N) is 3. The second-order valence-electron chi connectivity index (χ2n) is 4.23. The summed E-state index contributed by atoms with van der Waals surface area (Å²) in [4.78, 5) is 9.02. The Hall–Kier alpha value is -1.79. The van der Waals surface area contributed by atoms with Gasteiger partial charge < -0.3 is 5.32 Å². The SMILES string of the molecule is CCc1nsc(NCc2csc(-c3ccccc3)n2)n1. The largest absolute Gasteiger partial charge is 0.355 e. The Balaban J connectivity index is 1.65. The molecule has 0 aliphatic rings. The molecule has 0 aliphatic heterocycles. The minimum absolute atomic E-state index is 0.682. The molecule has 1 aromatic carbocycles. The fourth-order valence-electron chi connectivity index (χ4n) is 1.74. The Morgan fingerprint density at radius 2 is 2.00 bits per heavy atom. The molecule has 0 aliphatic carbocycles. The Labute approximate surface area is 125 Å². The van der Waals surface area contributed by atoms with Crippen LogP contribution in [0.1, 0.15) is 18.4 Å². The molecule has 0 atom stereocenters. The van der Waals surface area contributed by atoms with Gasteiger partial charge in [-0.2, -0.15) is 4.37 Å². The molecule has 1 N–H and O–H groups in total. The molecule has 0 spiro atoms.